The van der Waals surface area contributed by atoms with Crippen molar-refractivity contribution < 1.29 is 9.68 Å². The minimum Gasteiger partial charge on any atom is -0.393 e. The molecule has 1 atom stereocenters. The molecular weight excluding hydrogens is 330 g/mol. The number of aliphatic hydroxyl groups excluding tert-OH is 1. The van der Waals surface area contributed by atoms with Crippen molar-refractivity contribution >= 4 is 6.34 Å². The van der Waals surface area contributed by atoms with Crippen LogP contribution in [0.4, 0.5) is 0 Å². The van der Waals surface area contributed by atoms with Crippen LogP contribution >= 0.6 is 0 Å². The quantitative estimate of drug-likeness (QED) is 0.439. The molecule has 1 aromatic heterocycles. The van der Waals surface area contributed by atoms with Gasteiger partial charge in [0.05, 0.1) is 11.2 Å². The van der Waals surface area contributed by atoms with Gasteiger partial charge in [-0.25, -0.2) is 4.58 Å². The Bertz CT molecular complexity index is 593. The van der Waals surface area contributed by atoms with Gasteiger partial charge in [-0.1, -0.05) is 38.3 Å². The van der Waals surface area contributed by atoms with Crippen LogP contribution in [0.3, 0.4) is 0 Å². The van der Waals surface area contributed by atoms with Gasteiger partial charge in [-0.05, 0) is 51.1 Å². The van der Waals surface area contributed by atoms with Gasteiger partial charge >= 0.3 is 6.34 Å². The lowest BCUT2D eigenvalue weighted by Gasteiger charge is -2.23. The van der Waals surface area contributed by atoms with E-state index >= 15 is 0 Å². The Kier molecular flexibility index (Phi) is 7.37. The van der Waals surface area contributed by atoms with Crippen molar-refractivity contribution in [2.45, 2.75) is 96.1 Å². The summed E-state index contributed by atoms with van der Waals surface area (Å²) < 4.78 is 2.18. The average Bonchev–Trinajstić information content (AvgIpc) is 3.29. The number of aromatic amines is 1. The molecule has 1 aromatic rings. The Balaban J connectivity index is 1.54. The predicted molar refractivity (Wildman–Crippen MR) is 100 cm³/mol. The zero-order chi connectivity index (χ0) is 19.0. The van der Waals surface area contributed by atoms with E-state index in [4.69, 9.17) is 0 Å². The highest BCUT2D eigenvalue weighted by Gasteiger charge is 2.28. The molecule has 1 unspecified atom stereocenters. The van der Waals surface area contributed by atoms with Crippen LogP contribution in [0.5, 0.6) is 0 Å². The molecule has 0 aliphatic carbocycles. The average molecular weight is 365 g/mol. The largest absolute Gasteiger partial charge is 0.393 e. The number of azo groups is 1. The molecule has 0 amide bonds. The van der Waals surface area contributed by atoms with E-state index < -0.39 is 0 Å². The number of H-pyrrole nitrogens is 1. The van der Waals surface area contributed by atoms with Crippen molar-refractivity contribution in [2.75, 3.05) is 6.67 Å². The Labute approximate surface area is 156 Å². The summed E-state index contributed by atoms with van der Waals surface area (Å²) in [6.07, 6.45) is 9.70. The normalized spacial score (nSPS) is 16.1. The van der Waals surface area contributed by atoms with E-state index in [-0.39, 0.29) is 17.1 Å². The maximum absolute atomic E-state index is 10.2. The van der Waals surface area contributed by atoms with Gasteiger partial charge in [-0.2, -0.15) is 5.21 Å². The number of unbranched alkanes of at least 4 members (excludes halogenated alkanes) is 2. The van der Waals surface area contributed by atoms with Gasteiger partial charge in [0, 0.05) is 5.41 Å². The first-order chi connectivity index (χ1) is 12.3. The number of nitrogens with zero attached hydrogens (tertiary/aromatic N) is 6. The number of nitrogens with one attached hydrogen (secondary N) is 1. The van der Waals surface area contributed by atoms with Crippen molar-refractivity contribution in [1.29, 1.82) is 0 Å². The molecule has 0 aromatic carbocycles. The number of tetrazole rings is 1. The van der Waals surface area contributed by atoms with E-state index in [1.807, 2.05) is 6.34 Å². The van der Waals surface area contributed by atoms with Crippen LogP contribution < -0.4 is 0 Å². The third-order valence-corrected chi connectivity index (χ3v) is 5.38. The highest BCUT2D eigenvalue weighted by atomic mass is 16.3. The predicted octanol–water partition coefficient (Wildman–Crippen LogP) is 3.20. The number of aliphatic hydroxyl groups is 1. The summed E-state index contributed by atoms with van der Waals surface area (Å²) in [5.74, 6) is 0.761. The number of rotatable bonds is 12. The van der Waals surface area contributed by atoms with E-state index in [2.05, 4.69) is 63.1 Å². The molecule has 26 heavy (non-hydrogen) atoms. The summed E-state index contributed by atoms with van der Waals surface area (Å²) in [6, 6.07) is 0. The van der Waals surface area contributed by atoms with E-state index in [1.54, 1.807) is 0 Å². The summed E-state index contributed by atoms with van der Waals surface area (Å²) in [7, 11) is 0. The van der Waals surface area contributed by atoms with E-state index in [9.17, 15) is 5.11 Å². The lowest BCUT2D eigenvalue weighted by Crippen LogP contribution is -2.35. The van der Waals surface area contributed by atoms with Gasteiger partial charge < -0.3 is 5.11 Å². The molecule has 2 rings (SSSR count). The molecule has 0 radical (unpaired) electrons. The van der Waals surface area contributed by atoms with Gasteiger partial charge in [0.15, 0.2) is 5.82 Å². The first-order valence-electron chi connectivity index (χ1n) is 9.70. The molecule has 0 spiro atoms. The fourth-order valence-corrected chi connectivity index (χ4v) is 3.32. The fourth-order valence-electron chi connectivity index (χ4n) is 3.32. The summed E-state index contributed by atoms with van der Waals surface area (Å²) in [5.41, 5.74) is 0.00386. The van der Waals surface area contributed by atoms with Crippen LogP contribution in [-0.2, 0) is 5.41 Å². The number of hydrogen-bond acceptors (Lipinski definition) is 6. The second kappa shape index (κ2) is 9.30. The van der Waals surface area contributed by atoms with E-state index in [0.29, 0.717) is 6.67 Å². The van der Waals surface area contributed by atoms with Crippen molar-refractivity contribution in [2.24, 2.45) is 10.2 Å². The lowest BCUT2D eigenvalue weighted by molar-refractivity contribution is -0.593. The fraction of sp³-hybridized carbons (Fsp3) is 0.889. The molecule has 8 heteroatoms. The zero-order valence-electron chi connectivity index (χ0n) is 16.6. The van der Waals surface area contributed by atoms with Crippen LogP contribution in [0.1, 0.15) is 84.9 Å². The molecule has 0 bridgehead atoms. The third kappa shape index (κ3) is 6.23. The molecule has 1 aliphatic rings. The molecule has 146 valence electrons. The standard InChI is InChI=1S/C18H34N7O/c1-17(2,16-21-23-24-22-16)11-7-5-9-15(26)10-6-8-12-18(3,4)25-13-19-20-14-25/h13,15,26H,5-12,14H2,1-4H3,(H,21,22,23,24)/q+1. The van der Waals surface area contributed by atoms with E-state index in [0.717, 1.165) is 57.2 Å². The van der Waals surface area contributed by atoms with Crippen LogP contribution in [0, 0.1) is 0 Å². The molecule has 0 saturated heterocycles. The topological polar surface area (TPSA) is 102 Å². The highest BCUT2D eigenvalue weighted by molar-refractivity contribution is 5.49. The SMILES string of the molecule is CC(C)(CCCCC(O)CCCCC(C)(C)[N+]1=CN=NC1)c1nn[nH]n1. The van der Waals surface area contributed by atoms with Crippen molar-refractivity contribution in [1.82, 2.24) is 20.6 Å². The Morgan fingerprint density at radius 1 is 1.12 bits per heavy atom. The Hall–Kier alpha value is -1.70. The minimum atomic E-state index is -0.199. The van der Waals surface area contributed by atoms with Gasteiger partial charge in [0.25, 0.3) is 0 Å². The van der Waals surface area contributed by atoms with Crippen molar-refractivity contribution in [3.05, 3.63) is 5.82 Å². The maximum Gasteiger partial charge on any atom is 0.311 e. The summed E-state index contributed by atoms with van der Waals surface area (Å²) in [6.45, 7) is 9.38. The first-order valence-corrected chi connectivity index (χ1v) is 9.70. The molecule has 0 saturated carbocycles. The van der Waals surface area contributed by atoms with Crippen LogP contribution in [0.2, 0.25) is 0 Å². The molecule has 8 nitrogen and oxygen atoms in total. The second-order valence-electron chi connectivity index (χ2n) is 8.56. The summed E-state index contributed by atoms with van der Waals surface area (Å²) >= 11 is 0. The molecular formula is C18H34N7O+. The van der Waals surface area contributed by atoms with Crippen LogP contribution in [-0.4, -0.2) is 55.0 Å². The lowest BCUT2D eigenvalue weighted by atomic mass is 9.86. The van der Waals surface area contributed by atoms with E-state index in [1.165, 1.54) is 0 Å². The monoisotopic (exact) mass is 364 g/mol. The minimum absolute atomic E-state index is 0.0747. The Morgan fingerprint density at radius 3 is 2.38 bits per heavy atom. The molecule has 1 aliphatic heterocycles. The van der Waals surface area contributed by atoms with Gasteiger partial charge in [-0.3, -0.25) is 0 Å². The molecule has 2 N–H and O–H groups in total. The Morgan fingerprint density at radius 2 is 1.81 bits per heavy atom. The van der Waals surface area contributed by atoms with Crippen molar-refractivity contribution in [3.63, 3.8) is 0 Å². The van der Waals surface area contributed by atoms with Crippen LogP contribution in [0.15, 0.2) is 10.2 Å². The highest BCUT2D eigenvalue weighted by Crippen LogP contribution is 2.26. The van der Waals surface area contributed by atoms with Crippen molar-refractivity contribution in [3.8, 4) is 0 Å². The second-order valence-corrected chi connectivity index (χ2v) is 8.56. The smallest absolute Gasteiger partial charge is 0.311 e. The first kappa shape index (κ1) is 20.6. The molecule has 0 fully saturated rings. The summed E-state index contributed by atoms with van der Waals surface area (Å²) in [4.78, 5) is 0. The number of hydrogen-bond donors (Lipinski definition) is 2. The van der Waals surface area contributed by atoms with Gasteiger partial charge in [-0.15, -0.1) is 10.2 Å². The number of aromatic nitrogens is 4. The van der Waals surface area contributed by atoms with Gasteiger partial charge in [0.2, 0.25) is 6.67 Å². The summed E-state index contributed by atoms with van der Waals surface area (Å²) in [5, 5.41) is 32.5. The van der Waals surface area contributed by atoms with Gasteiger partial charge in [0.1, 0.15) is 5.54 Å². The zero-order valence-corrected chi connectivity index (χ0v) is 16.6. The third-order valence-electron chi connectivity index (χ3n) is 5.38. The maximum atomic E-state index is 10.2. The van der Waals surface area contributed by atoms with Crippen LogP contribution in [0.25, 0.3) is 0 Å². The molecule has 2 heterocycles.